The highest BCUT2D eigenvalue weighted by atomic mass is 16.5. The first-order chi connectivity index (χ1) is 11.6. The average molecular weight is 325 g/mol. The molecule has 6 nitrogen and oxygen atoms in total. The topological polar surface area (TPSA) is 79.8 Å². The van der Waals surface area contributed by atoms with E-state index in [0.29, 0.717) is 23.6 Å². The van der Waals surface area contributed by atoms with Crippen LogP contribution in [0.4, 0.5) is 5.69 Å². The number of carbonyl (C=O) groups is 2. The fraction of sp³-hybridized carbons (Fsp3) is 0.167. The predicted octanol–water partition coefficient (Wildman–Crippen LogP) is 2.48. The van der Waals surface area contributed by atoms with Gasteiger partial charge in [0.1, 0.15) is 5.75 Å². The molecular weight excluding hydrogens is 306 g/mol. The second-order valence-electron chi connectivity index (χ2n) is 4.94. The van der Waals surface area contributed by atoms with Gasteiger partial charge in [-0.2, -0.15) is 5.10 Å². The molecule has 0 aliphatic carbocycles. The summed E-state index contributed by atoms with van der Waals surface area (Å²) in [6.45, 7) is 4.25. The number of benzene rings is 2. The zero-order chi connectivity index (χ0) is 17.4. The maximum Gasteiger partial charge on any atom is 0.329 e. The first-order valence-electron chi connectivity index (χ1n) is 7.53. The van der Waals surface area contributed by atoms with E-state index in [4.69, 9.17) is 4.74 Å². The summed E-state index contributed by atoms with van der Waals surface area (Å²) >= 11 is 0. The van der Waals surface area contributed by atoms with Crippen LogP contribution < -0.4 is 15.5 Å². The van der Waals surface area contributed by atoms with Crippen LogP contribution in [0.2, 0.25) is 0 Å². The molecule has 0 heterocycles. The third-order valence-electron chi connectivity index (χ3n) is 3.19. The van der Waals surface area contributed by atoms with E-state index in [1.165, 1.54) is 6.21 Å². The Bertz CT molecular complexity index is 757. The van der Waals surface area contributed by atoms with Crippen LogP contribution in [0.5, 0.6) is 5.75 Å². The molecule has 2 amide bonds. The first-order valence-corrected chi connectivity index (χ1v) is 7.53. The Kier molecular flexibility index (Phi) is 6.08. The lowest BCUT2D eigenvalue weighted by Crippen LogP contribution is -2.32. The van der Waals surface area contributed by atoms with Crippen molar-refractivity contribution in [3.05, 3.63) is 59.7 Å². The van der Waals surface area contributed by atoms with Gasteiger partial charge in [0.05, 0.1) is 12.8 Å². The molecule has 2 N–H and O–H groups in total. The quantitative estimate of drug-likeness (QED) is 0.503. The summed E-state index contributed by atoms with van der Waals surface area (Å²) in [5.74, 6) is -0.967. The highest BCUT2D eigenvalue weighted by molar-refractivity contribution is 6.39. The Labute approximate surface area is 140 Å². The van der Waals surface area contributed by atoms with E-state index in [2.05, 4.69) is 15.8 Å². The van der Waals surface area contributed by atoms with E-state index in [0.717, 1.165) is 5.56 Å². The van der Waals surface area contributed by atoms with E-state index >= 15 is 0 Å². The third kappa shape index (κ3) is 4.67. The number of rotatable bonds is 5. The maximum absolute atomic E-state index is 11.9. The van der Waals surface area contributed by atoms with Gasteiger partial charge in [-0.15, -0.1) is 0 Å². The largest absolute Gasteiger partial charge is 0.493 e. The summed E-state index contributed by atoms with van der Waals surface area (Å²) in [5, 5.41) is 6.34. The van der Waals surface area contributed by atoms with E-state index < -0.39 is 11.8 Å². The predicted molar refractivity (Wildman–Crippen MR) is 93.2 cm³/mol. The molecule has 0 radical (unpaired) electrons. The summed E-state index contributed by atoms with van der Waals surface area (Å²) in [6, 6.07) is 14.5. The molecule has 0 aromatic heterocycles. The fourth-order valence-electron chi connectivity index (χ4n) is 1.98. The second kappa shape index (κ2) is 8.47. The lowest BCUT2D eigenvalue weighted by atomic mass is 10.2. The Morgan fingerprint density at radius 1 is 1.08 bits per heavy atom. The number of carbonyl (C=O) groups excluding carboxylic acids is 2. The van der Waals surface area contributed by atoms with Crippen molar-refractivity contribution in [2.75, 3.05) is 11.9 Å². The van der Waals surface area contributed by atoms with Crippen LogP contribution in [-0.4, -0.2) is 24.6 Å². The number of ether oxygens (including phenoxy) is 1. The van der Waals surface area contributed by atoms with Crippen LogP contribution in [0.25, 0.3) is 0 Å². The summed E-state index contributed by atoms with van der Waals surface area (Å²) < 4.78 is 5.45. The van der Waals surface area contributed by atoms with Crippen molar-refractivity contribution < 1.29 is 14.3 Å². The molecule has 2 rings (SSSR count). The van der Waals surface area contributed by atoms with Crippen molar-refractivity contribution in [1.29, 1.82) is 0 Å². The fourth-order valence-corrected chi connectivity index (χ4v) is 1.98. The van der Waals surface area contributed by atoms with Crippen LogP contribution in [0.1, 0.15) is 18.1 Å². The average Bonchev–Trinajstić information content (AvgIpc) is 2.58. The Morgan fingerprint density at radius 2 is 1.79 bits per heavy atom. The Balaban J connectivity index is 1.95. The number of para-hydroxylation sites is 2. The minimum atomic E-state index is -0.844. The van der Waals surface area contributed by atoms with Gasteiger partial charge in [0.15, 0.2) is 0 Å². The van der Waals surface area contributed by atoms with Gasteiger partial charge in [-0.25, -0.2) is 5.43 Å². The number of aryl methyl sites for hydroxylation is 1. The summed E-state index contributed by atoms with van der Waals surface area (Å²) in [6.07, 6.45) is 1.43. The zero-order valence-electron chi connectivity index (χ0n) is 13.6. The second-order valence-corrected chi connectivity index (χ2v) is 4.94. The molecule has 0 bridgehead atoms. The SMILES string of the molecule is CCOc1ccccc1/C=N\NC(=O)C(=O)Nc1ccccc1C. The van der Waals surface area contributed by atoms with Gasteiger partial charge in [-0.3, -0.25) is 9.59 Å². The van der Waals surface area contributed by atoms with Crippen molar-refractivity contribution in [3.8, 4) is 5.75 Å². The standard InChI is InChI=1S/C18H19N3O3/c1-3-24-16-11-7-5-9-14(16)12-19-21-18(23)17(22)20-15-10-6-4-8-13(15)2/h4-12H,3H2,1-2H3,(H,20,22)(H,21,23)/b19-12-. The molecule has 0 unspecified atom stereocenters. The van der Waals surface area contributed by atoms with Crippen LogP contribution in [0, 0.1) is 6.92 Å². The molecule has 2 aromatic carbocycles. The zero-order valence-corrected chi connectivity index (χ0v) is 13.6. The number of nitrogens with zero attached hydrogens (tertiary/aromatic N) is 1. The van der Waals surface area contributed by atoms with E-state index in [-0.39, 0.29) is 0 Å². The monoisotopic (exact) mass is 325 g/mol. The van der Waals surface area contributed by atoms with Crippen LogP contribution in [0.3, 0.4) is 0 Å². The van der Waals surface area contributed by atoms with Crippen LogP contribution >= 0.6 is 0 Å². The minimum Gasteiger partial charge on any atom is -0.493 e. The smallest absolute Gasteiger partial charge is 0.329 e. The summed E-state index contributed by atoms with van der Waals surface area (Å²) in [4.78, 5) is 23.6. The number of hydrazone groups is 1. The Morgan fingerprint density at radius 3 is 2.54 bits per heavy atom. The number of anilines is 1. The molecule has 124 valence electrons. The van der Waals surface area contributed by atoms with Gasteiger partial charge in [0.2, 0.25) is 0 Å². The third-order valence-corrected chi connectivity index (χ3v) is 3.19. The molecule has 0 aliphatic heterocycles. The highest BCUT2D eigenvalue weighted by Gasteiger charge is 2.13. The van der Waals surface area contributed by atoms with Gasteiger partial charge >= 0.3 is 11.8 Å². The molecule has 0 aliphatic rings. The molecule has 6 heteroatoms. The number of amides is 2. The molecule has 0 atom stereocenters. The van der Waals surface area contributed by atoms with Gasteiger partial charge in [0, 0.05) is 11.3 Å². The molecule has 0 saturated carbocycles. The number of hydrogen-bond acceptors (Lipinski definition) is 4. The minimum absolute atomic E-state index is 0.524. The van der Waals surface area contributed by atoms with E-state index in [1.54, 1.807) is 24.3 Å². The van der Waals surface area contributed by atoms with Crippen molar-refractivity contribution in [2.24, 2.45) is 5.10 Å². The highest BCUT2D eigenvalue weighted by Crippen LogP contribution is 2.15. The normalized spacial score (nSPS) is 10.4. The van der Waals surface area contributed by atoms with Crippen molar-refractivity contribution in [2.45, 2.75) is 13.8 Å². The van der Waals surface area contributed by atoms with Crippen LogP contribution in [-0.2, 0) is 9.59 Å². The van der Waals surface area contributed by atoms with Gasteiger partial charge in [0.25, 0.3) is 0 Å². The van der Waals surface area contributed by atoms with E-state index in [1.807, 2.05) is 38.1 Å². The van der Waals surface area contributed by atoms with Crippen molar-refractivity contribution >= 4 is 23.7 Å². The van der Waals surface area contributed by atoms with Gasteiger partial charge in [-0.05, 0) is 37.6 Å². The number of nitrogens with one attached hydrogen (secondary N) is 2. The summed E-state index contributed by atoms with van der Waals surface area (Å²) in [5.41, 5.74) is 4.36. The summed E-state index contributed by atoms with van der Waals surface area (Å²) in [7, 11) is 0. The lowest BCUT2D eigenvalue weighted by Gasteiger charge is -2.07. The molecule has 0 spiro atoms. The Hall–Kier alpha value is -3.15. The molecule has 2 aromatic rings. The number of hydrogen-bond donors (Lipinski definition) is 2. The van der Waals surface area contributed by atoms with E-state index in [9.17, 15) is 9.59 Å². The first kappa shape index (κ1) is 17.2. The van der Waals surface area contributed by atoms with Crippen LogP contribution in [0.15, 0.2) is 53.6 Å². The van der Waals surface area contributed by atoms with Crippen molar-refractivity contribution in [1.82, 2.24) is 5.43 Å². The van der Waals surface area contributed by atoms with Gasteiger partial charge < -0.3 is 10.1 Å². The maximum atomic E-state index is 11.9. The van der Waals surface area contributed by atoms with Gasteiger partial charge in [-0.1, -0.05) is 30.3 Å². The molecule has 0 fully saturated rings. The van der Waals surface area contributed by atoms with Crippen molar-refractivity contribution in [3.63, 3.8) is 0 Å². The molecule has 0 saturated heterocycles. The molecule has 24 heavy (non-hydrogen) atoms. The molecular formula is C18H19N3O3. The lowest BCUT2D eigenvalue weighted by molar-refractivity contribution is -0.136.